The monoisotopic (exact) mass is 474 g/mol. The molecular formula is C26H26N4O5. The Balaban J connectivity index is 1.19. The molecule has 0 radical (unpaired) electrons. The highest BCUT2D eigenvalue weighted by atomic mass is 16.5. The number of piperidine rings is 1. The number of H-pyrrole nitrogens is 1. The second-order valence-electron chi connectivity index (χ2n) is 9.08. The summed E-state index contributed by atoms with van der Waals surface area (Å²) in [6.07, 6.45) is -0.255. The lowest BCUT2D eigenvalue weighted by atomic mass is 9.87. The number of aromatic nitrogens is 2. The maximum Gasteiger partial charge on any atom is 0.412 e. The van der Waals surface area contributed by atoms with E-state index in [4.69, 9.17) is 4.74 Å². The maximum atomic E-state index is 12.8. The fourth-order valence-electron chi connectivity index (χ4n) is 5.10. The number of carboxylic acids is 1. The molecule has 3 N–H and O–H groups in total. The lowest BCUT2D eigenvalue weighted by Gasteiger charge is -2.34. The number of benzene rings is 2. The van der Waals surface area contributed by atoms with E-state index in [1.165, 1.54) is 6.07 Å². The fourth-order valence-corrected chi connectivity index (χ4v) is 5.10. The Hall–Kier alpha value is -4.14. The molecule has 9 heteroatoms. The minimum atomic E-state index is -0.833. The Kier molecular flexibility index (Phi) is 5.98. The number of carboxylic acid groups (broad SMARTS) is 1. The zero-order chi connectivity index (χ0) is 24.5. The molecule has 35 heavy (non-hydrogen) atoms. The third kappa shape index (κ3) is 4.37. The van der Waals surface area contributed by atoms with Crippen LogP contribution in [-0.2, 0) is 9.53 Å². The van der Waals surface area contributed by atoms with Gasteiger partial charge in [-0.25, -0.2) is 4.79 Å². The van der Waals surface area contributed by atoms with Crippen LogP contribution in [0.1, 0.15) is 40.9 Å². The van der Waals surface area contributed by atoms with Crippen molar-refractivity contribution in [2.45, 2.75) is 19.3 Å². The molecule has 180 valence electrons. The van der Waals surface area contributed by atoms with Gasteiger partial charge in [0.15, 0.2) is 5.82 Å². The molecule has 1 aromatic heterocycles. The highest BCUT2D eigenvalue weighted by molar-refractivity contribution is 5.94. The summed E-state index contributed by atoms with van der Waals surface area (Å²) in [4.78, 5) is 38.2. The number of anilines is 1. The number of fused-ring (bicyclic) bond motifs is 3. The number of nitrogens with zero attached hydrogens (tertiary/aromatic N) is 2. The Morgan fingerprint density at radius 1 is 1.11 bits per heavy atom. The minimum absolute atomic E-state index is 0.0554. The quantitative estimate of drug-likeness (QED) is 0.514. The number of hydrogen-bond acceptors (Lipinski definition) is 5. The highest BCUT2D eigenvalue weighted by Crippen LogP contribution is 2.44. The van der Waals surface area contributed by atoms with Crippen molar-refractivity contribution >= 4 is 23.8 Å². The number of aromatic amines is 1. The van der Waals surface area contributed by atoms with Gasteiger partial charge in [0.1, 0.15) is 12.3 Å². The van der Waals surface area contributed by atoms with E-state index in [-0.39, 0.29) is 35.9 Å². The first-order valence-electron chi connectivity index (χ1n) is 11.6. The average molecular weight is 475 g/mol. The van der Waals surface area contributed by atoms with Crippen molar-refractivity contribution in [1.82, 2.24) is 15.1 Å². The second-order valence-corrected chi connectivity index (χ2v) is 9.08. The zero-order valence-electron chi connectivity index (χ0n) is 19.2. The summed E-state index contributed by atoms with van der Waals surface area (Å²) < 4.78 is 5.52. The summed E-state index contributed by atoms with van der Waals surface area (Å²) in [5.41, 5.74) is 4.76. The third-order valence-corrected chi connectivity index (χ3v) is 6.89. The van der Waals surface area contributed by atoms with Crippen LogP contribution in [0, 0.1) is 11.8 Å². The molecule has 1 saturated heterocycles. The number of likely N-dealkylation sites (tertiary alicyclic amines) is 1. The Labute approximate surface area is 202 Å². The summed E-state index contributed by atoms with van der Waals surface area (Å²) in [5.74, 6) is -1.59. The Morgan fingerprint density at radius 3 is 2.40 bits per heavy atom. The predicted molar refractivity (Wildman–Crippen MR) is 128 cm³/mol. The van der Waals surface area contributed by atoms with Crippen molar-refractivity contribution in [3.8, 4) is 11.1 Å². The van der Waals surface area contributed by atoms with Gasteiger partial charge in [0.25, 0.3) is 5.91 Å². The van der Waals surface area contributed by atoms with Gasteiger partial charge < -0.3 is 14.7 Å². The van der Waals surface area contributed by atoms with Crippen molar-refractivity contribution in [1.29, 1.82) is 0 Å². The van der Waals surface area contributed by atoms with Crippen LogP contribution in [0.5, 0.6) is 0 Å². The molecular weight excluding hydrogens is 448 g/mol. The van der Waals surface area contributed by atoms with Crippen molar-refractivity contribution in [3.63, 3.8) is 0 Å². The number of rotatable bonds is 5. The molecule has 0 spiro atoms. The van der Waals surface area contributed by atoms with Crippen LogP contribution in [-0.4, -0.2) is 57.9 Å². The van der Waals surface area contributed by atoms with Gasteiger partial charge in [-0.1, -0.05) is 55.5 Å². The lowest BCUT2D eigenvalue weighted by molar-refractivity contribution is -0.145. The van der Waals surface area contributed by atoms with Crippen molar-refractivity contribution in [3.05, 3.63) is 71.4 Å². The Bertz CT molecular complexity index is 1240. The lowest BCUT2D eigenvalue weighted by Crippen LogP contribution is -2.45. The van der Waals surface area contributed by atoms with Crippen LogP contribution in [0.15, 0.2) is 54.6 Å². The SMILES string of the molecule is CC1CN(C(=O)c2cc(NC(=O)OCC3c4ccccc4-c4ccccc43)n[nH]2)CCC1C(=O)O. The topological polar surface area (TPSA) is 125 Å². The number of amides is 2. The predicted octanol–water partition coefficient (Wildman–Crippen LogP) is 3.95. The molecule has 5 rings (SSSR count). The van der Waals surface area contributed by atoms with E-state index in [1.807, 2.05) is 43.3 Å². The number of carbonyl (C=O) groups is 3. The highest BCUT2D eigenvalue weighted by Gasteiger charge is 2.34. The van der Waals surface area contributed by atoms with Crippen LogP contribution in [0.25, 0.3) is 11.1 Å². The van der Waals surface area contributed by atoms with Crippen LogP contribution >= 0.6 is 0 Å². The van der Waals surface area contributed by atoms with Gasteiger partial charge in [0.05, 0.1) is 5.92 Å². The molecule has 2 aliphatic rings. The van der Waals surface area contributed by atoms with E-state index in [2.05, 4.69) is 27.6 Å². The van der Waals surface area contributed by atoms with Crippen LogP contribution in [0.2, 0.25) is 0 Å². The van der Waals surface area contributed by atoms with Crippen molar-refractivity contribution in [2.75, 3.05) is 25.0 Å². The molecule has 0 saturated carbocycles. The molecule has 1 aliphatic carbocycles. The van der Waals surface area contributed by atoms with Crippen molar-refractivity contribution in [2.24, 2.45) is 11.8 Å². The average Bonchev–Trinajstić information content (AvgIpc) is 3.44. The number of aliphatic carboxylic acids is 1. The van der Waals surface area contributed by atoms with Gasteiger partial charge in [0.2, 0.25) is 0 Å². The van der Waals surface area contributed by atoms with E-state index in [0.717, 1.165) is 22.3 Å². The van der Waals surface area contributed by atoms with Crippen LogP contribution in [0.4, 0.5) is 10.6 Å². The molecule has 2 aromatic carbocycles. The fraction of sp³-hybridized carbons (Fsp3) is 0.308. The van der Waals surface area contributed by atoms with E-state index in [0.29, 0.717) is 19.5 Å². The van der Waals surface area contributed by atoms with Crippen LogP contribution in [0.3, 0.4) is 0 Å². The van der Waals surface area contributed by atoms with Crippen LogP contribution < -0.4 is 5.32 Å². The maximum absolute atomic E-state index is 12.8. The molecule has 3 aromatic rings. The Morgan fingerprint density at radius 2 is 1.77 bits per heavy atom. The molecule has 1 aliphatic heterocycles. The van der Waals surface area contributed by atoms with Gasteiger partial charge in [-0.05, 0) is 34.6 Å². The molecule has 2 atom stereocenters. The van der Waals surface area contributed by atoms with Gasteiger partial charge in [-0.15, -0.1) is 0 Å². The molecule has 2 unspecified atom stereocenters. The van der Waals surface area contributed by atoms with E-state index >= 15 is 0 Å². The number of hydrogen-bond donors (Lipinski definition) is 3. The first kappa shape index (κ1) is 22.6. The first-order chi connectivity index (χ1) is 16.9. The summed E-state index contributed by atoms with van der Waals surface area (Å²) in [6.45, 7) is 2.71. The minimum Gasteiger partial charge on any atom is -0.481 e. The standard InChI is InChI=1S/C26H26N4O5/c1-15-13-30(11-10-16(15)25(32)33)24(31)22-12-23(29-28-22)27-26(34)35-14-21-19-8-4-2-6-17(19)18-7-3-5-9-20(18)21/h2-9,12,15-16,21H,10-11,13-14H2,1H3,(H,32,33)(H2,27,28,29,34). The molecule has 2 heterocycles. The van der Waals surface area contributed by atoms with Gasteiger partial charge in [-0.3, -0.25) is 20.0 Å². The normalized spacial score (nSPS) is 19.1. The summed E-state index contributed by atoms with van der Waals surface area (Å²) >= 11 is 0. The van der Waals surface area contributed by atoms with E-state index in [9.17, 15) is 19.5 Å². The third-order valence-electron chi connectivity index (χ3n) is 6.89. The molecule has 1 fully saturated rings. The largest absolute Gasteiger partial charge is 0.481 e. The van der Waals surface area contributed by atoms with Gasteiger partial charge in [-0.2, -0.15) is 5.10 Å². The summed E-state index contributed by atoms with van der Waals surface area (Å²) in [7, 11) is 0. The summed E-state index contributed by atoms with van der Waals surface area (Å²) in [5, 5.41) is 18.5. The number of ether oxygens (including phenoxy) is 1. The molecule has 0 bridgehead atoms. The zero-order valence-corrected chi connectivity index (χ0v) is 19.2. The van der Waals surface area contributed by atoms with Crippen molar-refractivity contribution < 1.29 is 24.2 Å². The van der Waals surface area contributed by atoms with Gasteiger partial charge >= 0.3 is 12.1 Å². The summed E-state index contributed by atoms with van der Waals surface area (Å²) in [6, 6.07) is 17.6. The smallest absolute Gasteiger partial charge is 0.412 e. The second kappa shape index (κ2) is 9.25. The van der Waals surface area contributed by atoms with E-state index in [1.54, 1.807) is 4.90 Å². The first-order valence-corrected chi connectivity index (χ1v) is 11.6. The molecule has 9 nitrogen and oxygen atoms in total. The van der Waals surface area contributed by atoms with E-state index < -0.39 is 18.0 Å². The molecule has 2 amide bonds. The number of carbonyl (C=O) groups excluding carboxylic acids is 2. The number of nitrogens with one attached hydrogen (secondary N) is 2. The van der Waals surface area contributed by atoms with Gasteiger partial charge in [0, 0.05) is 25.1 Å².